The molecule has 0 saturated heterocycles. The topological polar surface area (TPSA) is 89.8 Å². The van der Waals surface area contributed by atoms with E-state index >= 15 is 0 Å². The van der Waals surface area contributed by atoms with Crippen LogP contribution in [0.2, 0.25) is 0 Å². The van der Waals surface area contributed by atoms with E-state index < -0.39 is 12.0 Å². The van der Waals surface area contributed by atoms with Crippen LogP contribution in [-0.4, -0.2) is 27.8 Å². The predicted octanol–water partition coefficient (Wildman–Crippen LogP) is 1.62. The number of phenols is 2. The number of aliphatic hydroxyl groups is 1. The van der Waals surface area contributed by atoms with E-state index in [1.165, 1.54) is 29.5 Å². The molecule has 1 aromatic heterocycles. The molecule has 1 unspecified atom stereocenters. The Morgan fingerprint density at radius 3 is 2.68 bits per heavy atom. The number of hydrogen-bond acceptors (Lipinski definition) is 5. The number of phenolic OH excluding ortho intramolecular Hbond substituents is 2. The molecule has 0 spiro atoms. The molecular weight excluding hydrogens is 266 g/mol. The lowest BCUT2D eigenvalue weighted by Gasteiger charge is -2.10. The number of aliphatic hydroxyl groups excluding tert-OH is 1. The molecule has 1 aromatic carbocycles. The van der Waals surface area contributed by atoms with Gasteiger partial charge in [-0.25, -0.2) is 0 Å². The molecule has 100 valence electrons. The number of nitrogens with one attached hydrogen (secondary N) is 1. The summed E-state index contributed by atoms with van der Waals surface area (Å²) in [5, 5.41) is 34.5. The van der Waals surface area contributed by atoms with E-state index in [1.54, 1.807) is 6.07 Å². The SMILES string of the molecule is O=C(NCC(O)c1ccsc1)c1ccc(O)c(O)c1. The van der Waals surface area contributed by atoms with Gasteiger partial charge in [-0.3, -0.25) is 4.79 Å². The van der Waals surface area contributed by atoms with Gasteiger partial charge in [0, 0.05) is 12.1 Å². The molecule has 19 heavy (non-hydrogen) atoms. The summed E-state index contributed by atoms with van der Waals surface area (Å²) in [6, 6.07) is 5.58. The van der Waals surface area contributed by atoms with Crippen molar-refractivity contribution in [3.63, 3.8) is 0 Å². The third kappa shape index (κ3) is 3.24. The normalized spacial score (nSPS) is 12.1. The van der Waals surface area contributed by atoms with Crippen LogP contribution in [0.3, 0.4) is 0 Å². The lowest BCUT2D eigenvalue weighted by molar-refractivity contribution is 0.0916. The number of benzene rings is 1. The maximum absolute atomic E-state index is 11.8. The van der Waals surface area contributed by atoms with Crippen LogP contribution in [0.5, 0.6) is 11.5 Å². The molecule has 1 atom stereocenters. The Kier molecular flexibility index (Phi) is 4.03. The van der Waals surface area contributed by atoms with Crippen LogP contribution in [0.15, 0.2) is 35.0 Å². The van der Waals surface area contributed by atoms with Crippen molar-refractivity contribution in [1.82, 2.24) is 5.32 Å². The van der Waals surface area contributed by atoms with Crippen molar-refractivity contribution in [3.8, 4) is 11.5 Å². The predicted molar refractivity (Wildman–Crippen MR) is 71.4 cm³/mol. The molecule has 0 fully saturated rings. The van der Waals surface area contributed by atoms with Crippen molar-refractivity contribution in [3.05, 3.63) is 46.2 Å². The van der Waals surface area contributed by atoms with Crippen LogP contribution < -0.4 is 5.32 Å². The lowest BCUT2D eigenvalue weighted by atomic mass is 10.1. The largest absolute Gasteiger partial charge is 0.504 e. The molecule has 0 aliphatic carbocycles. The zero-order valence-corrected chi connectivity index (χ0v) is 10.7. The van der Waals surface area contributed by atoms with E-state index in [0.29, 0.717) is 0 Å². The van der Waals surface area contributed by atoms with Crippen molar-refractivity contribution in [1.29, 1.82) is 0 Å². The van der Waals surface area contributed by atoms with Gasteiger partial charge in [0.15, 0.2) is 11.5 Å². The second-order valence-corrected chi connectivity index (χ2v) is 4.77. The minimum atomic E-state index is -0.763. The van der Waals surface area contributed by atoms with Crippen LogP contribution in [0.1, 0.15) is 22.0 Å². The van der Waals surface area contributed by atoms with Gasteiger partial charge in [-0.2, -0.15) is 11.3 Å². The van der Waals surface area contributed by atoms with E-state index in [0.717, 1.165) is 5.56 Å². The number of thiophene rings is 1. The molecule has 4 N–H and O–H groups in total. The Morgan fingerprint density at radius 1 is 1.26 bits per heavy atom. The van der Waals surface area contributed by atoms with Crippen LogP contribution in [0.25, 0.3) is 0 Å². The third-order valence-electron chi connectivity index (χ3n) is 2.62. The number of aromatic hydroxyl groups is 2. The summed E-state index contributed by atoms with van der Waals surface area (Å²) < 4.78 is 0. The van der Waals surface area contributed by atoms with Gasteiger partial charge in [0.1, 0.15) is 0 Å². The summed E-state index contributed by atoms with van der Waals surface area (Å²) in [5.74, 6) is -1.06. The molecule has 0 radical (unpaired) electrons. The molecule has 5 nitrogen and oxygen atoms in total. The maximum atomic E-state index is 11.8. The number of rotatable bonds is 4. The van der Waals surface area contributed by atoms with Crippen molar-refractivity contribution < 1.29 is 20.1 Å². The fraction of sp³-hybridized carbons (Fsp3) is 0.154. The second kappa shape index (κ2) is 5.73. The van der Waals surface area contributed by atoms with Gasteiger partial charge in [0.05, 0.1) is 6.10 Å². The Labute approximate surface area is 113 Å². The number of hydrogen-bond donors (Lipinski definition) is 4. The lowest BCUT2D eigenvalue weighted by Crippen LogP contribution is -2.28. The Bertz CT molecular complexity index is 568. The summed E-state index contributed by atoms with van der Waals surface area (Å²) in [5.41, 5.74) is 0.965. The van der Waals surface area contributed by atoms with Gasteiger partial charge >= 0.3 is 0 Å². The van der Waals surface area contributed by atoms with Crippen LogP contribution >= 0.6 is 11.3 Å². The Hall–Kier alpha value is -2.05. The summed E-state index contributed by atoms with van der Waals surface area (Å²) in [7, 11) is 0. The zero-order valence-electron chi connectivity index (χ0n) is 9.91. The van der Waals surface area contributed by atoms with Crippen LogP contribution in [0.4, 0.5) is 0 Å². The Morgan fingerprint density at radius 2 is 2.05 bits per heavy atom. The monoisotopic (exact) mass is 279 g/mol. The minimum Gasteiger partial charge on any atom is -0.504 e. The first-order valence-corrected chi connectivity index (χ1v) is 6.52. The summed E-state index contributed by atoms with van der Waals surface area (Å²) in [6.07, 6.45) is -0.763. The average Bonchev–Trinajstić information content (AvgIpc) is 2.92. The van der Waals surface area contributed by atoms with Crippen molar-refractivity contribution >= 4 is 17.2 Å². The molecule has 1 amide bonds. The van der Waals surface area contributed by atoms with Crippen molar-refractivity contribution in [2.75, 3.05) is 6.54 Å². The third-order valence-corrected chi connectivity index (χ3v) is 3.32. The van der Waals surface area contributed by atoms with Crippen molar-refractivity contribution in [2.45, 2.75) is 6.10 Å². The maximum Gasteiger partial charge on any atom is 0.251 e. The molecule has 0 saturated carbocycles. The first-order chi connectivity index (χ1) is 9.08. The van der Waals surface area contributed by atoms with Crippen LogP contribution in [-0.2, 0) is 0 Å². The zero-order chi connectivity index (χ0) is 13.8. The highest BCUT2D eigenvalue weighted by molar-refractivity contribution is 7.07. The summed E-state index contributed by atoms with van der Waals surface area (Å²) >= 11 is 1.47. The first kappa shape index (κ1) is 13.4. The molecule has 1 heterocycles. The molecule has 6 heteroatoms. The summed E-state index contributed by atoms with van der Waals surface area (Å²) in [4.78, 5) is 11.8. The van der Waals surface area contributed by atoms with Gasteiger partial charge in [-0.05, 0) is 40.6 Å². The van der Waals surface area contributed by atoms with E-state index in [9.17, 15) is 15.0 Å². The molecular formula is C13H13NO4S. The molecule has 0 aliphatic rings. The van der Waals surface area contributed by atoms with Crippen LogP contribution in [0, 0.1) is 0 Å². The van der Waals surface area contributed by atoms with Crippen molar-refractivity contribution in [2.24, 2.45) is 0 Å². The van der Waals surface area contributed by atoms with E-state index in [2.05, 4.69) is 5.32 Å². The standard InChI is InChI=1S/C13H13NO4S/c15-10-2-1-8(5-11(10)16)13(18)14-6-12(17)9-3-4-19-7-9/h1-5,7,12,15-17H,6H2,(H,14,18). The average molecular weight is 279 g/mol. The second-order valence-electron chi connectivity index (χ2n) is 3.99. The van der Waals surface area contributed by atoms with Gasteiger partial charge in [0.25, 0.3) is 5.91 Å². The highest BCUT2D eigenvalue weighted by Gasteiger charge is 2.12. The van der Waals surface area contributed by atoms with E-state index in [-0.39, 0.29) is 23.6 Å². The molecule has 2 rings (SSSR count). The first-order valence-electron chi connectivity index (χ1n) is 5.58. The number of carbonyl (C=O) groups excluding carboxylic acids is 1. The molecule has 0 bridgehead atoms. The van der Waals surface area contributed by atoms with E-state index in [4.69, 9.17) is 5.11 Å². The molecule has 0 aliphatic heterocycles. The minimum absolute atomic E-state index is 0.0806. The number of carbonyl (C=O) groups is 1. The quantitative estimate of drug-likeness (QED) is 0.640. The van der Waals surface area contributed by atoms with Gasteiger partial charge in [0.2, 0.25) is 0 Å². The van der Waals surface area contributed by atoms with E-state index in [1.807, 2.05) is 10.8 Å². The van der Waals surface area contributed by atoms with Gasteiger partial charge in [-0.1, -0.05) is 0 Å². The molecule has 2 aromatic rings. The Balaban J connectivity index is 1.96. The highest BCUT2D eigenvalue weighted by atomic mass is 32.1. The smallest absolute Gasteiger partial charge is 0.251 e. The summed E-state index contributed by atoms with van der Waals surface area (Å²) in [6.45, 7) is 0.0806. The fourth-order valence-corrected chi connectivity index (χ4v) is 2.25. The fourth-order valence-electron chi connectivity index (χ4n) is 1.54. The van der Waals surface area contributed by atoms with Gasteiger partial charge < -0.3 is 20.6 Å². The van der Waals surface area contributed by atoms with Gasteiger partial charge in [-0.15, -0.1) is 0 Å². The highest BCUT2D eigenvalue weighted by Crippen LogP contribution is 2.24. The number of amides is 1.